The zero-order valence-corrected chi connectivity index (χ0v) is 13.6. The number of carbonyl (C=O) groups is 1. The van der Waals surface area contributed by atoms with Crippen LogP contribution in [0.5, 0.6) is 0 Å². The van der Waals surface area contributed by atoms with E-state index in [9.17, 15) is 9.18 Å². The van der Waals surface area contributed by atoms with Gasteiger partial charge < -0.3 is 0 Å². The average Bonchev–Trinajstić information content (AvgIpc) is 3.01. The monoisotopic (exact) mass is 328 g/mol. The highest BCUT2D eigenvalue weighted by molar-refractivity contribution is 8.13. The molecular weight excluding hydrogens is 311 g/mol. The molecule has 0 atom stereocenters. The third-order valence-corrected chi connectivity index (χ3v) is 4.67. The van der Waals surface area contributed by atoms with Crippen molar-refractivity contribution < 1.29 is 9.18 Å². The van der Waals surface area contributed by atoms with E-state index in [-0.39, 0.29) is 11.7 Å². The number of amides is 1. The van der Waals surface area contributed by atoms with Gasteiger partial charge in [-0.15, -0.1) is 0 Å². The van der Waals surface area contributed by atoms with E-state index in [0.29, 0.717) is 18.7 Å². The summed E-state index contributed by atoms with van der Waals surface area (Å²) in [6.07, 6.45) is 0. The second-order valence-electron chi connectivity index (χ2n) is 5.41. The molecule has 23 heavy (non-hydrogen) atoms. The lowest BCUT2D eigenvalue weighted by Crippen LogP contribution is -2.32. The minimum Gasteiger partial charge on any atom is -0.286 e. The molecule has 1 aliphatic rings. The highest BCUT2D eigenvalue weighted by Crippen LogP contribution is 2.22. The van der Waals surface area contributed by atoms with Crippen molar-refractivity contribution in [2.24, 2.45) is 4.99 Å². The topological polar surface area (TPSA) is 32.7 Å². The van der Waals surface area contributed by atoms with Crippen LogP contribution in [0.1, 0.15) is 21.5 Å². The van der Waals surface area contributed by atoms with Crippen LogP contribution in [-0.2, 0) is 5.75 Å². The molecule has 118 valence electrons. The Bertz CT molecular complexity index is 743. The number of rotatable bonds is 3. The Labute approximate surface area is 139 Å². The molecule has 0 spiro atoms. The lowest BCUT2D eigenvalue weighted by atomic mass is 10.2. The fourth-order valence-electron chi connectivity index (χ4n) is 2.44. The molecule has 0 fully saturated rings. The summed E-state index contributed by atoms with van der Waals surface area (Å²) in [4.78, 5) is 18.6. The molecule has 0 aromatic heterocycles. The first-order valence-corrected chi connectivity index (χ1v) is 8.42. The molecule has 0 saturated carbocycles. The summed E-state index contributed by atoms with van der Waals surface area (Å²) < 4.78 is 13.0. The normalized spacial score (nSPS) is 14.0. The number of nitrogens with zero attached hydrogens (tertiary/aromatic N) is 2. The number of carbonyl (C=O) groups excluding carboxylic acids is 1. The van der Waals surface area contributed by atoms with Crippen molar-refractivity contribution >= 4 is 22.8 Å². The lowest BCUT2D eigenvalue weighted by Gasteiger charge is -2.18. The van der Waals surface area contributed by atoms with E-state index < -0.39 is 0 Å². The summed E-state index contributed by atoms with van der Waals surface area (Å²) in [5.74, 6) is 0.303. The molecule has 5 heteroatoms. The molecule has 0 radical (unpaired) electrons. The molecule has 1 amide bonds. The molecule has 2 aromatic rings. The minimum atomic E-state index is -0.342. The van der Waals surface area contributed by atoms with Crippen molar-refractivity contribution in [2.45, 2.75) is 12.7 Å². The molecule has 0 unspecified atom stereocenters. The van der Waals surface area contributed by atoms with Crippen LogP contribution in [0.4, 0.5) is 4.39 Å². The Morgan fingerprint density at radius 1 is 1.26 bits per heavy atom. The molecule has 0 N–H and O–H groups in total. The van der Waals surface area contributed by atoms with E-state index in [0.717, 1.165) is 10.9 Å². The van der Waals surface area contributed by atoms with Gasteiger partial charge in [0, 0.05) is 17.9 Å². The quantitative estimate of drug-likeness (QED) is 0.856. The van der Waals surface area contributed by atoms with Gasteiger partial charge in [0.15, 0.2) is 5.17 Å². The molecular formula is C18H17FN2OS. The van der Waals surface area contributed by atoms with E-state index in [1.165, 1.54) is 35.4 Å². The molecule has 0 bridgehead atoms. The summed E-state index contributed by atoms with van der Waals surface area (Å²) in [7, 11) is 0. The maximum Gasteiger partial charge on any atom is 0.259 e. The molecule has 0 aliphatic carbocycles. The Kier molecular flexibility index (Phi) is 4.76. The van der Waals surface area contributed by atoms with Crippen molar-refractivity contribution in [3.63, 3.8) is 0 Å². The Hall–Kier alpha value is -2.14. The first-order chi connectivity index (χ1) is 11.1. The molecule has 1 aliphatic heterocycles. The van der Waals surface area contributed by atoms with Crippen LogP contribution >= 0.6 is 11.8 Å². The van der Waals surface area contributed by atoms with Crippen molar-refractivity contribution in [2.75, 3.05) is 13.1 Å². The van der Waals surface area contributed by atoms with Crippen LogP contribution < -0.4 is 0 Å². The first-order valence-electron chi connectivity index (χ1n) is 7.44. The number of aliphatic imine (C=N–C) groups is 1. The number of halogens is 1. The van der Waals surface area contributed by atoms with Gasteiger partial charge in [-0.2, -0.15) is 0 Å². The van der Waals surface area contributed by atoms with Crippen molar-refractivity contribution in [1.29, 1.82) is 0 Å². The second kappa shape index (κ2) is 6.96. The van der Waals surface area contributed by atoms with Crippen LogP contribution in [0.25, 0.3) is 0 Å². The number of hydrogen-bond donors (Lipinski definition) is 0. The Morgan fingerprint density at radius 3 is 2.78 bits per heavy atom. The first kappa shape index (κ1) is 15.7. The number of amidine groups is 1. The number of aryl methyl sites for hydroxylation is 1. The van der Waals surface area contributed by atoms with Crippen LogP contribution in [0.15, 0.2) is 53.5 Å². The predicted molar refractivity (Wildman–Crippen MR) is 92.2 cm³/mol. The summed E-state index contributed by atoms with van der Waals surface area (Å²) in [6, 6.07) is 13.9. The summed E-state index contributed by atoms with van der Waals surface area (Å²) in [5, 5.41) is 0.737. The van der Waals surface area contributed by atoms with Crippen molar-refractivity contribution in [3.8, 4) is 0 Å². The molecule has 2 aromatic carbocycles. The third kappa shape index (κ3) is 3.79. The van der Waals surface area contributed by atoms with Gasteiger partial charge in [0.05, 0.1) is 6.54 Å². The average molecular weight is 328 g/mol. The van der Waals surface area contributed by atoms with Crippen LogP contribution in [0, 0.1) is 12.7 Å². The van der Waals surface area contributed by atoms with Gasteiger partial charge in [-0.25, -0.2) is 4.39 Å². The van der Waals surface area contributed by atoms with Gasteiger partial charge >= 0.3 is 0 Å². The summed E-state index contributed by atoms with van der Waals surface area (Å²) in [6.45, 7) is 3.25. The van der Waals surface area contributed by atoms with E-state index in [2.05, 4.69) is 30.1 Å². The van der Waals surface area contributed by atoms with Gasteiger partial charge in [-0.1, -0.05) is 41.6 Å². The van der Waals surface area contributed by atoms with E-state index in [4.69, 9.17) is 0 Å². The fraction of sp³-hybridized carbons (Fsp3) is 0.222. The van der Waals surface area contributed by atoms with Gasteiger partial charge in [0.25, 0.3) is 5.91 Å². The van der Waals surface area contributed by atoms with E-state index in [1.807, 2.05) is 6.07 Å². The zero-order valence-electron chi connectivity index (χ0n) is 12.8. The van der Waals surface area contributed by atoms with Crippen LogP contribution in [0.2, 0.25) is 0 Å². The van der Waals surface area contributed by atoms with Gasteiger partial charge in [0.2, 0.25) is 0 Å². The SMILES string of the molecule is Cc1cccc(CSC2=NCCN2C(=O)c2ccc(F)cc2)c1. The lowest BCUT2D eigenvalue weighted by molar-refractivity contribution is 0.0860. The predicted octanol–water partition coefficient (Wildman–Crippen LogP) is 3.88. The van der Waals surface area contributed by atoms with E-state index >= 15 is 0 Å². The maximum atomic E-state index is 13.0. The van der Waals surface area contributed by atoms with Crippen molar-refractivity contribution in [1.82, 2.24) is 4.90 Å². The smallest absolute Gasteiger partial charge is 0.259 e. The van der Waals surface area contributed by atoms with Gasteiger partial charge in [0.1, 0.15) is 5.82 Å². The highest BCUT2D eigenvalue weighted by Gasteiger charge is 2.25. The second-order valence-corrected chi connectivity index (χ2v) is 6.35. The molecule has 0 saturated heterocycles. The number of benzene rings is 2. The highest BCUT2D eigenvalue weighted by atomic mass is 32.2. The maximum absolute atomic E-state index is 13.0. The molecule has 3 nitrogen and oxygen atoms in total. The minimum absolute atomic E-state index is 0.127. The molecule has 3 rings (SSSR count). The van der Waals surface area contributed by atoms with E-state index in [1.54, 1.807) is 16.7 Å². The number of thioether (sulfide) groups is 1. The summed E-state index contributed by atoms with van der Waals surface area (Å²) >= 11 is 1.56. The largest absolute Gasteiger partial charge is 0.286 e. The summed E-state index contributed by atoms with van der Waals surface area (Å²) in [5.41, 5.74) is 2.91. The van der Waals surface area contributed by atoms with Gasteiger partial charge in [-0.3, -0.25) is 14.7 Å². The molecule has 1 heterocycles. The van der Waals surface area contributed by atoms with Crippen molar-refractivity contribution in [3.05, 3.63) is 71.0 Å². The standard InChI is InChI=1S/C18H17FN2OS/c1-13-3-2-4-14(11-13)12-23-18-20-9-10-21(18)17(22)15-5-7-16(19)8-6-15/h2-8,11H,9-10,12H2,1H3. The zero-order chi connectivity index (χ0) is 16.2. The van der Waals surface area contributed by atoms with Crippen LogP contribution in [-0.4, -0.2) is 29.1 Å². The third-order valence-electron chi connectivity index (χ3n) is 3.59. The van der Waals surface area contributed by atoms with Gasteiger partial charge in [-0.05, 0) is 36.8 Å². The Balaban J connectivity index is 1.67. The van der Waals surface area contributed by atoms with Crippen LogP contribution in [0.3, 0.4) is 0 Å². The Morgan fingerprint density at radius 2 is 2.04 bits per heavy atom. The number of hydrogen-bond acceptors (Lipinski definition) is 3. The fourth-order valence-corrected chi connectivity index (χ4v) is 3.42.